The number of imidazole rings is 1. The van der Waals surface area contributed by atoms with E-state index in [0.29, 0.717) is 13.2 Å². The molecular weight excluding hydrogens is 230 g/mol. The molecule has 2 N–H and O–H groups in total. The largest absolute Gasteiger partial charge is 0.450 e. The minimum atomic E-state index is -0.365. The van der Waals surface area contributed by atoms with Gasteiger partial charge in [-0.15, -0.1) is 0 Å². The van der Waals surface area contributed by atoms with Crippen molar-refractivity contribution < 1.29 is 9.53 Å². The van der Waals surface area contributed by atoms with Gasteiger partial charge in [0.15, 0.2) is 0 Å². The number of amides is 1. The molecule has 0 aliphatic heterocycles. The number of aromatic nitrogens is 2. The van der Waals surface area contributed by atoms with Crippen molar-refractivity contribution in [2.45, 2.75) is 20.3 Å². The van der Waals surface area contributed by atoms with Crippen molar-refractivity contribution in [1.82, 2.24) is 15.3 Å². The lowest BCUT2D eigenvalue weighted by Gasteiger charge is -2.05. The van der Waals surface area contributed by atoms with E-state index >= 15 is 0 Å². The molecule has 1 aromatic heterocycles. The van der Waals surface area contributed by atoms with Crippen LogP contribution in [0.1, 0.15) is 18.3 Å². The number of carbonyl (C=O) groups is 1. The topological polar surface area (TPSA) is 67.0 Å². The Hall–Kier alpha value is -2.04. The molecular formula is C13H17N3O2. The van der Waals surface area contributed by atoms with E-state index in [9.17, 15) is 4.79 Å². The average Bonchev–Trinajstić information content (AvgIpc) is 2.69. The first-order chi connectivity index (χ1) is 8.69. The van der Waals surface area contributed by atoms with Crippen molar-refractivity contribution >= 4 is 17.1 Å². The van der Waals surface area contributed by atoms with Gasteiger partial charge in [0, 0.05) is 6.54 Å². The van der Waals surface area contributed by atoms with Gasteiger partial charge in [-0.3, -0.25) is 0 Å². The number of ether oxygens (including phenoxy) is 1. The smallest absolute Gasteiger partial charge is 0.407 e. The lowest BCUT2D eigenvalue weighted by atomic mass is 10.1. The van der Waals surface area contributed by atoms with Crippen molar-refractivity contribution in [3.05, 3.63) is 29.6 Å². The summed E-state index contributed by atoms with van der Waals surface area (Å²) in [5.74, 6) is 0.909. The number of alkyl carbamates (subject to hydrolysis) is 1. The van der Waals surface area contributed by atoms with Crippen molar-refractivity contribution in [3.63, 3.8) is 0 Å². The summed E-state index contributed by atoms with van der Waals surface area (Å²) >= 11 is 0. The Kier molecular flexibility index (Phi) is 3.82. The fourth-order valence-electron chi connectivity index (χ4n) is 1.83. The van der Waals surface area contributed by atoms with Crippen LogP contribution < -0.4 is 5.32 Å². The molecule has 0 fully saturated rings. The second kappa shape index (κ2) is 5.53. The fraction of sp³-hybridized carbons (Fsp3) is 0.385. The summed E-state index contributed by atoms with van der Waals surface area (Å²) in [6.07, 6.45) is 0.406. The average molecular weight is 247 g/mol. The molecule has 0 atom stereocenters. The number of rotatable bonds is 4. The third-order valence-electron chi connectivity index (χ3n) is 2.62. The molecule has 0 saturated heterocycles. The minimum Gasteiger partial charge on any atom is -0.450 e. The predicted octanol–water partition coefficient (Wildman–Crippen LogP) is 2.16. The van der Waals surface area contributed by atoms with Crippen molar-refractivity contribution in [2.75, 3.05) is 13.2 Å². The first-order valence-electron chi connectivity index (χ1n) is 6.05. The molecule has 1 aromatic carbocycles. The number of nitrogens with zero attached hydrogens (tertiary/aromatic N) is 1. The van der Waals surface area contributed by atoms with E-state index in [1.807, 2.05) is 19.1 Å². The van der Waals surface area contributed by atoms with Gasteiger partial charge >= 0.3 is 6.09 Å². The minimum absolute atomic E-state index is 0.365. The summed E-state index contributed by atoms with van der Waals surface area (Å²) in [5, 5.41) is 2.70. The van der Waals surface area contributed by atoms with Crippen LogP contribution in [-0.4, -0.2) is 29.2 Å². The molecule has 18 heavy (non-hydrogen) atoms. The van der Waals surface area contributed by atoms with Gasteiger partial charge in [0.1, 0.15) is 5.82 Å². The SMILES string of the molecule is CCOC(=O)NCCc1ccc2nc(C)[nH]c2c1. The van der Waals surface area contributed by atoms with E-state index < -0.39 is 0 Å². The molecule has 0 bridgehead atoms. The fourth-order valence-corrected chi connectivity index (χ4v) is 1.83. The summed E-state index contributed by atoms with van der Waals surface area (Å²) in [4.78, 5) is 18.6. The Bertz CT molecular complexity index is 548. The Morgan fingerprint density at radius 2 is 2.33 bits per heavy atom. The maximum Gasteiger partial charge on any atom is 0.407 e. The number of benzene rings is 1. The van der Waals surface area contributed by atoms with Crippen LogP contribution in [0.4, 0.5) is 4.79 Å². The Morgan fingerprint density at radius 3 is 3.11 bits per heavy atom. The summed E-state index contributed by atoms with van der Waals surface area (Å²) in [6.45, 7) is 4.68. The van der Waals surface area contributed by atoms with Gasteiger partial charge in [0.05, 0.1) is 17.6 Å². The first kappa shape index (κ1) is 12.4. The van der Waals surface area contributed by atoms with Gasteiger partial charge < -0.3 is 15.0 Å². The number of aromatic amines is 1. The van der Waals surface area contributed by atoms with Crippen LogP contribution >= 0.6 is 0 Å². The van der Waals surface area contributed by atoms with E-state index in [2.05, 4.69) is 21.4 Å². The first-order valence-corrected chi connectivity index (χ1v) is 6.05. The second-order valence-electron chi connectivity index (χ2n) is 4.07. The highest BCUT2D eigenvalue weighted by atomic mass is 16.5. The van der Waals surface area contributed by atoms with Gasteiger partial charge in [-0.2, -0.15) is 0 Å². The zero-order chi connectivity index (χ0) is 13.0. The van der Waals surface area contributed by atoms with Crippen LogP contribution in [0.15, 0.2) is 18.2 Å². The number of hydrogen-bond donors (Lipinski definition) is 2. The normalized spacial score (nSPS) is 10.6. The van der Waals surface area contributed by atoms with Crippen LogP contribution in [0, 0.1) is 6.92 Å². The maximum absolute atomic E-state index is 11.1. The summed E-state index contributed by atoms with van der Waals surface area (Å²) in [5.41, 5.74) is 3.15. The number of nitrogens with one attached hydrogen (secondary N) is 2. The van der Waals surface area contributed by atoms with Crippen LogP contribution in [0.25, 0.3) is 11.0 Å². The van der Waals surface area contributed by atoms with E-state index in [0.717, 1.165) is 28.8 Å². The van der Waals surface area contributed by atoms with E-state index in [1.165, 1.54) is 0 Å². The van der Waals surface area contributed by atoms with E-state index in [-0.39, 0.29) is 6.09 Å². The number of fused-ring (bicyclic) bond motifs is 1. The highest BCUT2D eigenvalue weighted by Crippen LogP contribution is 2.13. The lowest BCUT2D eigenvalue weighted by molar-refractivity contribution is 0.152. The summed E-state index contributed by atoms with van der Waals surface area (Å²) in [6, 6.07) is 6.07. The number of carbonyl (C=O) groups excluding carboxylic acids is 1. The van der Waals surface area contributed by atoms with Gasteiger partial charge in [-0.1, -0.05) is 6.07 Å². The number of aryl methyl sites for hydroxylation is 1. The summed E-state index contributed by atoms with van der Waals surface area (Å²) < 4.78 is 4.79. The number of hydrogen-bond acceptors (Lipinski definition) is 3. The van der Waals surface area contributed by atoms with Crippen LogP contribution in [0.2, 0.25) is 0 Å². The van der Waals surface area contributed by atoms with E-state index in [1.54, 1.807) is 6.92 Å². The van der Waals surface area contributed by atoms with E-state index in [4.69, 9.17) is 4.74 Å². The molecule has 1 heterocycles. The van der Waals surface area contributed by atoms with Gasteiger partial charge in [0.2, 0.25) is 0 Å². The molecule has 5 nitrogen and oxygen atoms in total. The zero-order valence-corrected chi connectivity index (χ0v) is 10.6. The molecule has 1 amide bonds. The predicted molar refractivity (Wildman–Crippen MR) is 69.6 cm³/mol. The van der Waals surface area contributed by atoms with Crippen molar-refractivity contribution in [1.29, 1.82) is 0 Å². The molecule has 2 rings (SSSR count). The highest BCUT2D eigenvalue weighted by Gasteiger charge is 2.02. The quantitative estimate of drug-likeness (QED) is 0.870. The maximum atomic E-state index is 11.1. The molecule has 0 spiro atoms. The number of H-pyrrole nitrogens is 1. The second-order valence-corrected chi connectivity index (χ2v) is 4.07. The molecule has 0 unspecified atom stereocenters. The Labute approximate surface area is 106 Å². The Balaban J connectivity index is 1.93. The Morgan fingerprint density at radius 1 is 1.50 bits per heavy atom. The molecule has 0 radical (unpaired) electrons. The van der Waals surface area contributed by atoms with Crippen molar-refractivity contribution in [2.24, 2.45) is 0 Å². The molecule has 2 aromatic rings. The highest BCUT2D eigenvalue weighted by molar-refractivity contribution is 5.75. The van der Waals surface area contributed by atoms with Gasteiger partial charge in [0.25, 0.3) is 0 Å². The molecule has 0 saturated carbocycles. The van der Waals surface area contributed by atoms with Crippen LogP contribution in [0.3, 0.4) is 0 Å². The van der Waals surface area contributed by atoms with Crippen molar-refractivity contribution in [3.8, 4) is 0 Å². The standard InChI is InChI=1S/C13H17N3O2/c1-3-18-13(17)14-7-6-10-4-5-11-12(8-10)16-9(2)15-11/h4-5,8H,3,6-7H2,1-2H3,(H,14,17)(H,15,16). The third kappa shape index (κ3) is 3.00. The van der Waals surface area contributed by atoms with Crippen LogP contribution in [-0.2, 0) is 11.2 Å². The molecule has 96 valence electrons. The molecule has 0 aliphatic carbocycles. The van der Waals surface area contributed by atoms with Gasteiger partial charge in [-0.05, 0) is 38.0 Å². The molecule has 0 aliphatic rings. The molecule has 5 heteroatoms. The zero-order valence-electron chi connectivity index (χ0n) is 10.6. The third-order valence-corrected chi connectivity index (χ3v) is 2.62. The van der Waals surface area contributed by atoms with Gasteiger partial charge in [-0.25, -0.2) is 9.78 Å². The summed E-state index contributed by atoms with van der Waals surface area (Å²) in [7, 11) is 0. The lowest BCUT2D eigenvalue weighted by Crippen LogP contribution is -2.26. The monoisotopic (exact) mass is 247 g/mol. The van der Waals surface area contributed by atoms with Crippen LogP contribution in [0.5, 0.6) is 0 Å².